The van der Waals surface area contributed by atoms with Crippen LogP contribution in [-0.2, 0) is 0 Å². The number of hydrogen-bond acceptors (Lipinski definition) is 5. The number of nitrogens with zero attached hydrogens (tertiary/aromatic N) is 2. The Balaban J connectivity index is 3.35. The minimum atomic E-state index is -2.98. The summed E-state index contributed by atoms with van der Waals surface area (Å²) in [6.45, 7) is 0. The average Bonchev–Trinajstić information content (AvgIpc) is 2.08. The Bertz CT molecular complexity index is 383. The van der Waals surface area contributed by atoms with Crippen LogP contribution >= 0.6 is 0 Å². The van der Waals surface area contributed by atoms with Crippen molar-refractivity contribution >= 4 is 11.5 Å². The minimum Gasteiger partial charge on any atom is -0.500 e. The molecule has 0 spiro atoms. The molecule has 0 radical (unpaired) electrons. The lowest BCUT2D eigenvalue weighted by molar-refractivity contribution is -0.386. The summed E-state index contributed by atoms with van der Waals surface area (Å²) >= 11 is 0. The third-order valence-corrected chi connectivity index (χ3v) is 1.44. The number of nitrogen functional groups attached to an aromatic ring is 1. The first-order chi connectivity index (χ1) is 6.43. The van der Waals surface area contributed by atoms with Crippen molar-refractivity contribution in [1.29, 1.82) is 0 Å². The van der Waals surface area contributed by atoms with Gasteiger partial charge in [-0.15, -0.1) is 0 Å². The van der Waals surface area contributed by atoms with Crippen LogP contribution in [0, 0.1) is 10.1 Å². The van der Waals surface area contributed by atoms with Crippen molar-refractivity contribution in [2.45, 2.75) is 6.43 Å². The number of nitro groups is 1. The van der Waals surface area contributed by atoms with Gasteiger partial charge in [-0.1, -0.05) is 0 Å². The predicted octanol–water partition coefficient (Wildman–Crippen LogP) is 1.22. The fraction of sp³-hybridized carbons (Fsp3) is 0.167. The van der Waals surface area contributed by atoms with Crippen LogP contribution in [0.25, 0.3) is 0 Å². The molecule has 1 aromatic rings. The molecule has 3 N–H and O–H groups in total. The van der Waals surface area contributed by atoms with Crippen LogP contribution in [-0.4, -0.2) is 15.0 Å². The van der Waals surface area contributed by atoms with Crippen molar-refractivity contribution in [3.63, 3.8) is 0 Å². The van der Waals surface area contributed by atoms with E-state index in [1.54, 1.807) is 0 Å². The van der Waals surface area contributed by atoms with Crippen LogP contribution in [0.1, 0.15) is 12.1 Å². The summed E-state index contributed by atoms with van der Waals surface area (Å²) in [5.74, 6) is -1.59. The van der Waals surface area contributed by atoms with E-state index in [4.69, 9.17) is 10.8 Å². The molecule has 1 rings (SSSR count). The highest BCUT2D eigenvalue weighted by Gasteiger charge is 2.22. The molecule has 8 heteroatoms. The zero-order valence-corrected chi connectivity index (χ0v) is 6.65. The van der Waals surface area contributed by atoms with Gasteiger partial charge in [-0.2, -0.15) is 0 Å². The molecule has 0 aliphatic heterocycles. The number of anilines is 1. The molecule has 1 heterocycles. The zero-order valence-electron chi connectivity index (χ0n) is 6.65. The fourth-order valence-electron chi connectivity index (χ4n) is 0.815. The van der Waals surface area contributed by atoms with Gasteiger partial charge in [0.1, 0.15) is 5.69 Å². The highest BCUT2D eigenvalue weighted by atomic mass is 19.3. The van der Waals surface area contributed by atoms with Crippen molar-refractivity contribution in [2.75, 3.05) is 5.73 Å². The Morgan fingerprint density at radius 1 is 1.64 bits per heavy atom. The van der Waals surface area contributed by atoms with Crippen LogP contribution in [0.4, 0.5) is 20.3 Å². The second-order valence-corrected chi connectivity index (χ2v) is 2.36. The van der Waals surface area contributed by atoms with Gasteiger partial charge in [0.15, 0.2) is 5.82 Å². The van der Waals surface area contributed by atoms with Gasteiger partial charge in [0.25, 0.3) is 6.43 Å². The third-order valence-electron chi connectivity index (χ3n) is 1.44. The van der Waals surface area contributed by atoms with Gasteiger partial charge in [-0.05, 0) is 0 Å². The van der Waals surface area contributed by atoms with Crippen molar-refractivity contribution in [3.05, 3.63) is 21.9 Å². The van der Waals surface area contributed by atoms with E-state index in [9.17, 15) is 18.9 Å². The number of aromatic hydroxyl groups is 1. The van der Waals surface area contributed by atoms with Gasteiger partial charge in [-0.3, -0.25) is 10.1 Å². The van der Waals surface area contributed by atoms with Crippen molar-refractivity contribution in [1.82, 2.24) is 4.98 Å². The number of rotatable bonds is 2. The molecule has 0 fully saturated rings. The number of halogens is 2. The molecule has 0 unspecified atom stereocenters. The van der Waals surface area contributed by atoms with Gasteiger partial charge in [-0.25, -0.2) is 13.8 Å². The molecule has 0 atom stereocenters. The molecule has 0 aliphatic carbocycles. The molecular formula is C6H5F2N3O3. The quantitative estimate of drug-likeness (QED) is 0.558. The van der Waals surface area contributed by atoms with Crippen LogP contribution in [0.5, 0.6) is 5.75 Å². The summed E-state index contributed by atoms with van der Waals surface area (Å²) < 4.78 is 24.2. The molecule has 6 nitrogen and oxygen atoms in total. The summed E-state index contributed by atoms with van der Waals surface area (Å²) in [5.41, 5.74) is 3.28. The van der Waals surface area contributed by atoms with Crippen LogP contribution < -0.4 is 5.73 Å². The fourth-order valence-corrected chi connectivity index (χ4v) is 0.815. The minimum absolute atomic E-state index is 0.482. The molecule has 0 aromatic carbocycles. The molecule has 0 aliphatic rings. The molecule has 0 saturated carbocycles. The summed E-state index contributed by atoms with van der Waals surface area (Å²) in [7, 11) is 0. The molecular weight excluding hydrogens is 200 g/mol. The van der Waals surface area contributed by atoms with E-state index < -0.39 is 34.3 Å². The van der Waals surface area contributed by atoms with Gasteiger partial charge < -0.3 is 10.8 Å². The van der Waals surface area contributed by atoms with Gasteiger partial charge in [0.05, 0.1) is 4.92 Å². The van der Waals surface area contributed by atoms with E-state index in [1.165, 1.54) is 0 Å². The van der Waals surface area contributed by atoms with Crippen LogP contribution in [0.2, 0.25) is 0 Å². The number of aromatic nitrogens is 1. The Morgan fingerprint density at radius 3 is 2.64 bits per heavy atom. The number of nitrogens with two attached hydrogens (primary N) is 1. The van der Waals surface area contributed by atoms with E-state index in [2.05, 4.69) is 4.98 Å². The second kappa shape index (κ2) is 3.40. The normalized spacial score (nSPS) is 10.5. The highest BCUT2D eigenvalue weighted by molar-refractivity contribution is 5.59. The van der Waals surface area contributed by atoms with Gasteiger partial charge in [0.2, 0.25) is 5.75 Å². The summed E-state index contributed by atoms with van der Waals surface area (Å²) in [6.07, 6.45) is -2.98. The number of pyridine rings is 1. The summed E-state index contributed by atoms with van der Waals surface area (Å²) in [4.78, 5) is 12.3. The van der Waals surface area contributed by atoms with E-state index in [1.807, 2.05) is 0 Å². The smallest absolute Gasteiger partial charge is 0.316 e. The summed E-state index contributed by atoms with van der Waals surface area (Å²) in [6, 6.07) is 0.482. The molecule has 76 valence electrons. The molecule has 0 saturated heterocycles. The maximum absolute atomic E-state index is 12.1. The topological polar surface area (TPSA) is 102 Å². The van der Waals surface area contributed by atoms with Gasteiger partial charge in [0, 0.05) is 6.07 Å². The Labute approximate surface area is 76.1 Å². The number of hydrogen-bond donors (Lipinski definition) is 2. The van der Waals surface area contributed by atoms with E-state index >= 15 is 0 Å². The summed E-state index contributed by atoms with van der Waals surface area (Å²) in [5, 5.41) is 19.3. The van der Waals surface area contributed by atoms with Gasteiger partial charge >= 0.3 is 5.69 Å². The van der Waals surface area contributed by atoms with Crippen molar-refractivity contribution < 1.29 is 18.8 Å². The van der Waals surface area contributed by atoms with E-state index in [-0.39, 0.29) is 0 Å². The number of alkyl halides is 2. The largest absolute Gasteiger partial charge is 0.500 e. The molecule has 0 amide bonds. The maximum Gasteiger partial charge on any atom is 0.316 e. The molecule has 14 heavy (non-hydrogen) atoms. The first-order valence-electron chi connectivity index (χ1n) is 3.35. The lowest BCUT2D eigenvalue weighted by Gasteiger charge is -2.02. The van der Waals surface area contributed by atoms with Crippen LogP contribution in [0.3, 0.4) is 0 Å². The molecule has 0 bridgehead atoms. The maximum atomic E-state index is 12.1. The Morgan fingerprint density at radius 2 is 2.21 bits per heavy atom. The van der Waals surface area contributed by atoms with Crippen molar-refractivity contribution in [3.8, 4) is 5.75 Å². The first-order valence-corrected chi connectivity index (χ1v) is 3.35. The van der Waals surface area contributed by atoms with E-state index in [0.29, 0.717) is 6.07 Å². The third kappa shape index (κ3) is 1.68. The lowest BCUT2D eigenvalue weighted by atomic mass is 10.3. The predicted molar refractivity (Wildman–Crippen MR) is 41.9 cm³/mol. The standard InChI is InChI=1S/C6H5F2N3O3/c7-5(8)2-1-3(11(13)14)4(12)6(9)10-2/h1,5,12H,(H2,9,10). The molecule has 1 aromatic heterocycles. The SMILES string of the molecule is Nc1nc(C(F)F)cc([N+](=O)[O-])c1O. The average molecular weight is 205 g/mol. The highest BCUT2D eigenvalue weighted by Crippen LogP contribution is 2.33. The first kappa shape index (κ1) is 10.1. The second-order valence-electron chi connectivity index (χ2n) is 2.36. The van der Waals surface area contributed by atoms with Crippen LogP contribution in [0.15, 0.2) is 6.07 Å². The zero-order chi connectivity index (χ0) is 10.9. The van der Waals surface area contributed by atoms with Crippen molar-refractivity contribution in [2.24, 2.45) is 0 Å². The Hall–Kier alpha value is -1.99. The van der Waals surface area contributed by atoms with E-state index in [0.717, 1.165) is 0 Å². The Kier molecular flexibility index (Phi) is 2.45. The monoisotopic (exact) mass is 205 g/mol. The lowest BCUT2D eigenvalue weighted by Crippen LogP contribution is -2.00.